The Kier molecular flexibility index (Phi) is 4.55. The fraction of sp³-hybridized carbons (Fsp3) is 0.733. The molecule has 21 heavy (non-hydrogen) atoms. The van der Waals surface area contributed by atoms with Gasteiger partial charge in [0.15, 0.2) is 5.82 Å². The number of aromatic nitrogens is 2. The minimum Gasteiger partial charge on any atom is -0.383 e. The molecule has 1 aromatic heterocycles. The second kappa shape index (κ2) is 6.58. The van der Waals surface area contributed by atoms with E-state index in [1.165, 1.54) is 6.42 Å². The Morgan fingerprint density at radius 3 is 3.00 bits per heavy atom. The number of rotatable bonds is 7. The molecule has 0 radical (unpaired) electrons. The Balaban J connectivity index is 1.80. The lowest BCUT2D eigenvalue weighted by atomic mass is 10.2. The maximum absolute atomic E-state index is 12.6. The third-order valence-corrected chi connectivity index (χ3v) is 4.26. The first-order valence-corrected chi connectivity index (χ1v) is 7.84. The van der Waals surface area contributed by atoms with Gasteiger partial charge in [-0.1, -0.05) is 0 Å². The van der Waals surface area contributed by atoms with Crippen LogP contribution in [0.3, 0.4) is 0 Å². The van der Waals surface area contributed by atoms with E-state index in [4.69, 9.17) is 4.74 Å². The minimum absolute atomic E-state index is 0.0362. The fourth-order valence-corrected chi connectivity index (χ4v) is 2.94. The summed E-state index contributed by atoms with van der Waals surface area (Å²) < 4.78 is 7.03. The Morgan fingerprint density at radius 1 is 1.48 bits per heavy atom. The largest absolute Gasteiger partial charge is 0.383 e. The van der Waals surface area contributed by atoms with E-state index in [0.29, 0.717) is 31.1 Å². The van der Waals surface area contributed by atoms with Crippen molar-refractivity contribution >= 4 is 5.82 Å². The lowest BCUT2D eigenvalue weighted by Crippen LogP contribution is -2.42. The van der Waals surface area contributed by atoms with Gasteiger partial charge in [0, 0.05) is 44.7 Å². The molecule has 1 N–H and O–H groups in total. The van der Waals surface area contributed by atoms with Gasteiger partial charge in [0.25, 0.3) is 5.56 Å². The number of methoxy groups -OCH3 is 1. The molecule has 1 unspecified atom stereocenters. The SMILES string of the molecule is COCCN(CC1CCCN1)c1nccn(C2CC2)c1=O. The van der Waals surface area contributed by atoms with E-state index in [2.05, 4.69) is 15.2 Å². The summed E-state index contributed by atoms with van der Waals surface area (Å²) in [5.74, 6) is 0.565. The van der Waals surface area contributed by atoms with Crippen LogP contribution in [0.2, 0.25) is 0 Å². The van der Waals surface area contributed by atoms with Crippen molar-refractivity contribution in [3.05, 3.63) is 22.7 Å². The zero-order valence-corrected chi connectivity index (χ0v) is 12.6. The molecule has 1 aromatic rings. The van der Waals surface area contributed by atoms with Crippen molar-refractivity contribution < 1.29 is 4.74 Å². The first-order chi connectivity index (χ1) is 10.3. The van der Waals surface area contributed by atoms with Crippen LogP contribution in [0.1, 0.15) is 31.7 Å². The van der Waals surface area contributed by atoms with E-state index in [1.807, 2.05) is 10.8 Å². The van der Waals surface area contributed by atoms with Crippen molar-refractivity contribution in [3.63, 3.8) is 0 Å². The molecule has 0 amide bonds. The van der Waals surface area contributed by atoms with Crippen molar-refractivity contribution in [2.75, 3.05) is 38.3 Å². The van der Waals surface area contributed by atoms with Crippen LogP contribution < -0.4 is 15.8 Å². The second-order valence-electron chi connectivity index (χ2n) is 5.93. The second-order valence-corrected chi connectivity index (χ2v) is 5.93. The van der Waals surface area contributed by atoms with Gasteiger partial charge in [-0.2, -0.15) is 0 Å². The van der Waals surface area contributed by atoms with Crippen molar-refractivity contribution in [1.82, 2.24) is 14.9 Å². The number of hydrogen-bond donors (Lipinski definition) is 1. The van der Waals surface area contributed by atoms with Gasteiger partial charge in [0.05, 0.1) is 6.61 Å². The van der Waals surface area contributed by atoms with Crippen molar-refractivity contribution in [3.8, 4) is 0 Å². The molecule has 3 rings (SSSR count). The van der Waals surface area contributed by atoms with Crippen LogP contribution in [0.15, 0.2) is 17.2 Å². The minimum atomic E-state index is 0.0362. The molecule has 0 spiro atoms. The molecule has 2 aliphatic rings. The third-order valence-electron chi connectivity index (χ3n) is 4.26. The summed E-state index contributed by atoms with van der Waals surface area (Å²) in [7, 11) is 1.69. The molecular weight excluding hydrogens is 268 g/mol. The van der Waals surface area contributed by atoms with Crippen molar-refractivity contribution in [2.45, 2.75) is 37.8 Å². The van der Waals surface area contributed by atoms with E-state index in [1.54, 1.807) is 13.3 Å². The van der Waals surface area contributed by atoms with Crippen molar-refractivity contribution in [1.29, 1.82) is 0 Å². The molecular formula is C15H24N4O2. The lowest BCUT2D eigenvalue weighted by Gasteiger charge is -2.26. The van der Waals surface area contributed by atoms with Gasteiger partial charge in [-0.15, -0.1) is 0 Å². The summed E-state index contributed by atoms with van der Waals surface area (Å²) >= 11 is 0. The maximum Gasteiger partial charge on any atom is 0.293 e. The molecule has 0 aromatic carbocycles. The third kappa shape index (κ3) is 3.44. The van der Waals surface area contributed by atoms with E-state index in [9.17, 15) is 4.79 Å². The summed E-state index contributed by atoms with van der Waals surface area (Å²) in [6, 6.07) is 0.825. The van der Waals surface area contributed by atoms with Crippen LogP contribution in [0, 0.1) is 0 Å². The number of hydrogen-bond acceptors (Lipinski definition) is 5. The molecule has 6 heteroatoms. The number of ether oxygens (including phenoxy) is 1. The first-order valence-electron chi connectivity index (χ1n) is 7.84. The Labute approximate surface area is 125 Å². The Hall–Kier alpha value is -1.40. The zero-order chi connectivity index (χ0) is 14.7. The molecule has 1 saturated carbocycles. The molecule has 0 bridgehead atoms. The van der Waals surface area contributed by atoms with Gasteiger partial charge in [-0.05, 0) is 32.2 Å². The molecule has 1 aliphatic heterocycles. The zero-order valence-electron chi connectivity index (χ0n) is 12.6. The Morgan fingerprint density at radius 2 is 2.33 bits per heavy atom. The smallest absolute Gasteiger partial charge is 0.293 e. The van der Waals surface area contributed by atoms with Gasteiger partial charge < -0.3 is 19.5 Å². The lowest BCUT2D eigenvalue weighted by molar-refractivity contribution is 0.204. The highest BCUT2D eigenvalue weighted by atomic mass is 16.5. The molecule has 1 aliphatic carbocycles. The van der Waals surface area contributed by atoms with E-state index in [-0.39, 0.29) is 5.56 Å². The quantitative estimate of drug-likeness (QED) is 0.805. The highest BCUT2D eigenvalue weighted by Gasteiger charge is 2.27. The predicted molar refractivity (Wildman–Crippen MR) is 81.9 cm³/mol. The summed E-state index contributed by atoms with van der Waals surface area (Å²) in [4.78, 5) is 19.1. The standard InChI is InChI=1S/C15H24N4O2/c1-21-10-9-18(11-12-3-2-6-16-12)14-15(20)19(8-7-17-14)13-4-5-13/h7-8,12-13,16H,2-6,9-11H2,1H3. The topological polar surface area (TPSA) is 59.4 Å². The van der Waals surface area contributed by atoms with Crippen molar-refractivity contribution in [2.24, 2.45) is 0 Å². The summed E-state index contributed by atoms with van der Waals surface area (Å²) in [5, 5.41) is 3.48. The van der Waals surface area contributed by atoms with Gasteiger partial charge in [0.1, 0.15) is 0 Å². The van der Waals surface area contributed by atoms with Crippen LogP contribution in [0.25, 0.3) is 0 Å². The molecule has 2 fully saturated rings. The van der Waals surface area contributed by atoms with Crippen LogP contribution in [-0.2, 0) is 4.74 Å². The number of anilines is 1. The van der Waals surface area contributed by atoms with Gasteiger partial charge in [-0.25, -0.2) is 4.98 Å². The fourth-order valence-electron chi connectivity index (χ4n) is 2.94. The average molecular weight is 292 g/mol. The van der Waals surface area contributed by atoms with Crippen LogP contribution in [0.4, 0.5) is 5.82 Å². The molecule has 2 heterocycles. The number of nitrogens with zero attached hydrogens (tertiary/aromatic N) is 3. The molecule has 6 nitrogen and oxygen atoms in total. The molecule has 1 saturated heterocycles. The monoisotopic (exact) mass is 292 g/mol. The summed E-state index contributed by atoms with van der Waals surface area (Å²) in [5.41, 5.74) is 0.0362. The Bertz CT molecular complexity index is 521. The van der Waals surface area contributed by atoms with E-state index < -0.39 is 0 Å². The first kappa shape index (κ1) is 14.5. The highest BCUT2D eigenvalue weighted by Crippen LogP contribution is 2.33. The van der Waals surface area contributed by atoms with Gasteiger partial charge >= 0.3 is 0 Å². The maximum atomic E-state index is 12.6. The summed E-state index contributed by atoms with van der Waals surface area (Å²) in [6.07, 6.45) is 8.13. The number of nitrogens with one attached hydrogen (secondary N) is 1. The van der Waals surface area contributed by atoms with E-state index in [0.717, 1.165) is 32.4 Å². The van der Waals surface area contributed by atoms with E-state index >= 15 is 0 Å². The van der Waals surface area contributed by atoms with Gasteiger partial charge in [0.2, 0.25) is 0 Å². The predicted octanol–water partition coefficient (Wildman–Crippen LogP) is 0.783. The molecule has 1 atom stereocenters. The summed E-state index contributed by atoms with van der Waals surface area (Å²) in [6.45, 7) is 3.19. The normalized spacial score (nSPS) is 21.7. The highest BCUT2D eigenvalue weighted by molar-refractivity contribution is 5.36. The van der Waals surface area contributed by atoms with Crippen LogP contribution in [0.5, 0.6) is 0 Å². The average Bonchev–Trinajstić information content (AvgIpc) is 3.21. The van der Waals surface area contributed by atoms with Gasteiger partial charge in [-0.3, -0.25) is 4.79 Å². The van der Waals surface area contributed by atoms with Crippen LogP contribution in [-0.4, -0.2) is 48.9 Å². The molecule has 116 valence electrons. The van der Waals surface area contributed by atoms with Crippen LogP contribution >= 0.6 is 0 Å².